The second-order valence-corrected chi connectivity index (χ2v) is 4.84. The molecule has 0 aliphatic carbocycles. The van der Waals surface area contributed by atoms with Crippen LogP contribution < -0.4 is 5.73 Å². The van der Waals surface area contributed by atoms with Crippen LogP contribution in [0.4, 0.5) is 5.69 Å². The van der Waals surface area contributed by atoms with E-state index in [-0.39, 0.29) is 0 Å². The van der Waals surface area contributed by atoms with Gasteiger partial charge in [0.25, 0.3) is 0 Å². The molecule has 0 fully saturated rings. The fraction of sp³-hybridized carbons (Fsp3) is 0.133. The van der Waals surface area contributed by atoms with Crippen molar-refractivity contribution in [3.05, 3.63) is 58.9 Å². The summed E-state index contributed by atoms with van der Waals surface area (Å²) in [5.74, 6) is 0.709. The predicted molar refractivity (Wildman–Crippen MR) is 77.3 cm³/mol. The minimum absolute atomic E-state index is 0.510. The van der Waals surface area contributed by atoms with Crippen LogP contribution in [0.3, 0.4) is 0 Å². The van der Waals surface area contributed by atoms with Crippen LogP contribution in [0.1, 0.15) is 11.5 Å². The van der Waals surface area contributed by atoms with E-state index in [1.54, 1.807) is 12.1 Å². The number of halogens is 1. The zero-order chi connectivity index (χ0) is 13.2. The van der Waals surface area contributed by atoms with Crippen molar-refractivity contribution >= 4 is 28.4 Å². The van der Waals surface area contributed by atoms with Crippen molar-refractivity contribution in [3.63, 3.8) is 0 Å². The van der Waals surface area contributed by atoms with Crippen LogP contribution in [0.5, 0.6) is 0 Å². The molecule has 3 aromatic rings. The Balaban J connectivity index is 1.82. The highest BCUT2D eigenvalue weighted by Gasteiger charge is 2.08. The highest BCUT2D eigenvalue weighted by Crippen LogP contribution is 2.26. The number of anilines is 1. The monoisotopic (exact) mass is 272 g/mol. The normalized spacial score (nSPS) is 11.0. The van der Waals surface area contributed by atoms with Gasteiger partial charge in [-0.2, -0.15) is 0 Å². The molecule has 2 aromatic carbocycles. The van der Waals surface area contributed by atoms with Gasteiger partial charge in [0, 0.05) is 12.5 Å². The fourth-order valence-corrected chi connectivity index (χ4v) is 2.17. The Morgan fingerprint density at radius 1 is 1.11 bits per heavy atom. The minimum Gasteiger partial charge on any atom is -0.441 e. The van der Waals surface area contributed by atoms with Crippen molar-refractivity contribution in [2.24, 2.45) is 0 Å². The molecule has 96 valence electrons. The van der Waals surface area contributed by atoms with Gasteiger partial charge in [0.2, 0.25) is 0 Å². The Morgan fingerprint density at radius 3 is 2.68 bits per heavy atom. The van der Waals surface area contributed by atoms with Gasteiger partial charge in [-0.1, -0.05) is 41.9 Å². The largest absolute Gasteiger partial charge is 0.441 e. The van der Waals surface area contributed by atoms with Crippen molar-refractivity contribution in [1.29, 1.82) is 0 Å². The number of fused-ring (bicyclic) bond motifs is 1. The van der Waals surface area contributed by atoms with E-state index in [1.807, 2.05) is 18.2 Å². The van der Waals surface area contributed by atoms with Crippen LogP contribution in [-0.4, -0.2) is 4.98 Å². The smallest absolute Gasteiger partial charge is 0.195 e. The summed E-state index contributed by atoms with van der Waals surface area (Å²) in [4.78, 5) is 4.42. The first-order valence-electron chi connectivity index (χ1n) is 6.11. The van der Waals surface area contributed by atoms with Gasteiger partial charge in [0.1, 0.15) is 5.52 Å². The lowest BCUT2D eigenvalue weighted by molar-refractivity contribution is 0.528. The molecule has 0 bridgehead atoms. The number of nitrogens with zero attached hydrogens (tertiary/aromatic N) is 1. The van der Waals surface area contributed by atoms with Crippen molar-refractivity contribution in [2.75, 3.05) is 5.73 Å². The predicted octanol–water partition coefficient (Wildman–Crippen LogP) is 3.85. The average Bonchev–Trinajstić information content (AvgIpc) is 2.80. The molecule has 0 amide bonds. The Kier molecular flexibility index (Phi) is 3.13. The van der Waals surface area contributed by atoms with Gasteiger partial charge in [-0.3, -0.25) is 0 Å². The molecule has 0 aliphatic rings. The number of aromatic nitrogens is 1. The van der Waals surface area contributed by atoms with Crippen molar-refractivity contribution in [1.82, 2.24) is 4.98 Å². The Hall–Kier alpha value is -2.00. The lowest BCUT2D eigenvalue weighted by Gasteiger charge is -1.97. The number of nitrogen functional groups attached to an aromatic ring is 1. The third-order valence-electron chi connectivity index (χ3n) is 3.02. The van der Waals surface area contributed by atoms with E-state index in [4.69, 9.17) is 21.8 Å². The van der Waals surface area contributed by atoms with E-state index in [0.717, 1.165) is 18.4 Å². The number of hydrogen-bond donors (Lipinski definition) is 1. The lowest BCUT2D eigenvalue weighted by atomic mass is 10.1. The maximum Gasteiger partial charge on any atom is 0.195 e. The van der Waals surface area contributed by atoms with Gasteiger partial charge in [-0.15, -0.1) is 0 Å². The summed E-state index contributed by atoms with van der Waals surface area (Å²) in [7, 11) is 0. The molecule has 19 heavy (non-hydrogen) atoms. The maximum atomic E-state index is 5.96. The molecule has 3 rings (SSSR count). The topological polar surface area (TPSA) is 52.0 Å². The molecule has 1 aromatic heterocycles. The highest BCUT2D eigenvalue weighted by atomic mass is 35.5. The van der Waals surface area contributed by atoms with Crippen LogP contribution in [0.25, 0.3) is 11.1 Å². The third-order valence-corrected chi connectivity index (χ3v) is 3.35. The first kappa shape index (κ1) is 12.1. The summed E-state index contributed by atoms with van der Waals surface area (Å²) in [6.45, 7) is 0. The second kappa shape index (κ2) is 4.94. The molecule has 0 aliphatic heterocycles. The Bertz CT molecular complexity index is 668. The highest BCUT2D eigenvalue weighted by molar-refractivity contribution is 6.33. The molecule has 2 N–H and O–H groups in total. The van der Waals surface area contributed by atoms with Crippen LogP contribution in [-0.2, 0) is 12.8 Å². The summed E-state index contributed by atoms with van der Waals surface area (Å²) in [5.41, 5.74) is 8.96. The van der Waals surface area contributed by atoms with Crippen LogP contribution in [0, 0.1) is 0 Å². The molecule has 0 spiro atoms. The van der Waals surface area contributed by atoms with Crippen molar-refractivity contribution in [3.8, 4) is 0 Å². The van der Waals surface area contributed by atoms with Gasteiger partial charge in [-0.05, 0) is 18.1 Å². The quantitative estimate of drug-likeness (QED) is 0.737. The van der Waals surface area contributed by atoms with E-state index in [2.05, 4.69) is 17.1 Å². The fourth-order valence-electron chi connectivity index (χ4n) is 2.01. The Labute approximate surface area is 116 Å². The molecule has 0 saturated carbocycles. The number of nitrogens with two attached hydrogens (primary N) is 1. The number of hydrogen-bond acceptors (Lipinski definition) is 3. The first-order valence-corrected chi connectivity index (χ1v) is 6.48. The molecular weight excluding hydrogens is 260 g/mol. The number of aryl methyl sites for hydroxylation is 2. The summed E-state index contributed by atoms with van der Waals surface area (Å²) >= 11 is 5.96. The molecule has 0 radical (unpaired) electrons. The van der Waals surface area contributed by atoms with Crippen molar-refractivity contribution in [2.45, 2.75) is 12.8 Å². The molecule has 1 heterocycles. The van der Waals surface area contributed by atoms with E-state index < -0.39 is 0 Å². The summed E-state index contributed by atoms with van der Waals surface area (Å²) < 4.78 is 5.68. The average molecular weight is 273 g/mol. The molecule has 4 heteroatoms. The molecular formula is C15H13ClN2O. The third kappa shape index (κ3) is 2.56. The zero-order valence-electron chi connectivity index (χ0n) is 10.3. The summed E-state index contributed by atoms with van der Waals surface area (Å²) in [6.07, 6.45) is 1.66. The van der Waals surface area contributed by atoms with Crippen LogP contribution in [0.2, 0.25) is 5.02 Å². The second-order valence-electron chi connectivity index (χ2n) is 4.43. The van der Waals surface area contributed by atoms with Gasteiger partial charge < -0.3 is 10.2 Å². The minimum atomic E-state index is 0.510. The summed E-state index contributed by atoms with van der Waals surface area (Å²) in [5, 5.41) is 0.510. The van der Waals surface area contributed by atoms with E-state index in [0.29, 0.717) is 22.2 Å². The Morgan fingerprint density at radius 2 is 1.89 bits per heavy atom. The number of rotatable bonds is 3. The van der Waals surface area contributed by atoms with Crippen molar-refractivity contribution < 1.29 is 4.42 Å². The van der Waals surface area contributed by atoms with Crippen LogP contribution in [0.15, 0.2) is 46.9 Å². The molecule has 0 unspecified atom stereocenters. The van der Waals surface area contributed by atoms with E-state index in [1.165, 1.54) is 5.56 Å². The van der Waals surface area contributed by atoms with Crippen LogP contribution >= 0.6 is 11.6 Å². The molecule has 3 nitrogen and oxygen atoms in total. The van der Waals surface area contributed by atoms with Gasteiger partial charge >= 0.3 is 0 Å². The maximum absolute atomic E-state index is 5.96. The zero-order valence-corrected chi connectivity index (χ0v) is 11.0. The van der Waals surface area contributed by atoms with Gasteiger partial charge in [-0.25, -0.2) is 4.98 Å². The van der Waals surface area contributed by atoms with E-state index in [9.17, 15) is 0 Å². The number of benzene rings is 2. The van der Waals surface area contributed by atoms with E-state index >= 15 is 0 Å². The standard InChI is InChI=1S/C15H13ClN2O/c16-11-8-13-14(9-12(11)17)19-15(18-13)7-6-10-4-2-1-3-5-10/h1-5,8-9H,6-7,17H2. The van der Waals surface area contributed by atoms with Gasteiger partial charge in [0.05, 0.1) is 10.7 Å². The number of oxazole rings is 1. The van der Waals surface area contributed by atoms with Gasteiger partial charge in [0.15, 0.2) is 11.5 Å². The summed E-state index contributed by atoms with van der Waals surface area (Å²) in [6, 6.07) is 13.7. The molecule has 0 saturated heterocycles. The SMILES string of the molecule is Nc1cc2oc(CCc3ccccc3)nc2cc1Cl. The molecule has 0 atom stereocenters. The lowest BCUT2D eigenvalue weighted by Crippen LogP contribution is -1.90. The first-order chi connectivity index (χ1) is 9.22.